The lowest BCUT2D eigenvalue weighted by molar-refractivity contribution is 0.564. The number of hydrogen-bond donors (Lipinski definition) is 1. The largest absolute Gasteiger partial charge is 0.327 e. The second kappa shape index (κ2) is 5.47. The van der Waals surface area contributed by atoms with Gasteiger partial charge in [-0.25, -0.2) is 8.78 Å². The third-order valence-corrected chi connectivity index (χ3v) is 3.59. The van der Waals surface area contributed by atoms with Crippen LogP contribution in [0.3, 0.4) is 0 Å². The van der Waals surface area contributed by atoms with Crippen molar-refractivity contribution in [1.29, 1.82) is 0 Å². The van der Waals surface area contributed by atoms with Gasteiger partial charge in [0, 0.05) is 22.3 Å². The predicted octanol–water partition coefficient (Wildman–Crippen LogP) is 3.18. The summed E-state index contributed by atoms with van der Waals surface area (Å²) >= 11 is 1.34. The van der Waals surface area contributed by atoms with E-state index in [1.165, 1.54) is 23.9 Å². The maximum atomic E-state index is 13.3. The molecular weight excluding hydrogens is 216 g/mol. The van der Waals surface area contributed by atoms with Gasteiger partial charge in [0.2, 0.25) is 0 Å². The molecule has 2 N–H and O–H groups in total. The fourth-order valence-electron chi connectivity index (χ4n) is 1.19. The Morgan fingerprint density at radius 1 is 1.40 bits per heavy atom. The van der Waals surface area contributed by atoms with Crippen molar-refractivity contribution in [3.63, 3.8) is 0 Å². The maximum Gasteiger partial charge on any atom is 0.139 e. The monoisotopic (exact) mass is 231 g/mol. The van der Waals surface area contributed by atoms with Gasteiger partial charge in [-0.2, -0.15) is 0 Å². The highest BCUT2D eigenvalue weighted by atomic mass is 32.2. The molecule has 2 atom stereocenters. The van der Waals surface area contributed by atoms with E-state index in [2.05, 4.69) is 0 Å². The summed E-state index contributed by atoms with van der Waals surface area (Å²) in [6.45, 7) is 3.93. The first-order valence-electron chi connectivity index (χ1n) is 4.92. The lowest BCUT2D eigenvalue weighted by atomic mass is 10.2. The lowest BCUT2D eigenvalue weighted by Crippen LogP contribution is -2.29. The summed E-state index contributed by atoms with van der Waals surface area (Å²) in [4.78, 5) is 0.452. The molecular formula is C11H15F2NS. The van der Waals surface area contributed by atoms with Gasteiger partial charge in [0.15, 0.2) is 0 Å². The Bertz CT molecular complexity index is 330. The van der Waals surface area contributed by atoms with Gasteiger partial charge in [-0.15, -0.1) is 11.8 Å². The topological polar surface area (TPSA) is 26.0 Å². The highest BCUT2D eigenvalue weighted by Crippen LogP contribution is 2.28. The molecule has 0 heterocycles. The Hall–Kier alpha value is -0.610. The van der Waals surface area contributed by atoms with Crippen molar-refractivity contribution in [2.45, 2.75) is 36.5 Å². The van der Waals surface area contributed by atoms with E-state index >= 15 is 0 Å². The van der Waals surface area contributed by atoms with Crippen LogP contribution in [0, 0.1) is 11.6 Å². The van der Waals surface area contributed by atoms with Crippen LogP contribution >= 0.6 is 11.8 Å². The van der Waals surface area contributed by atoms with E-state index in [0.29, 0.717) is 4.90 Å². The molecule has 0 radical (unpaired) electrons. The zero-order valence-corrected chi connectivity index (χ0v) is 9.65. The summed E-state index contributed by atoms with van der Waals surface area (Å²) in [5, 5.41) is 0.120. The van der Waals surface area contributed by atoms with Crippen LogP contribution in [0.15, 0.2) is 23.1 Å². The molecule has 15 heavy (non-hydrogen) atoms. The molecule has 0 spiro atoms. The minimum atomic E-state index is -0.552. The normalized spacial score (nSPS) is 15.0. The number of hydrogen-bond acceptors (Lipinski definition) is 2. The summed E-state index contributed by atoms with van der Waals surface area (Å²) in [5.74, 6) is -1.07. The van der Waals surface area contributed by atoms with Crippen molar-refractivity contribution in [3.8, 4) is 0 Å². The van der Waals surface area contributed by atoms with E-state index in [4.69, 9.17) is 5.73 Å². The number of rotatable bonds is 4. The molecule has 0 aliphatic rings. The molecule has 0 bridgehead atoms. The van der Waals surface area contributed by atoms with E-state index in [-0.39, 0.29) is 11.3 Å². The van der Waals surface area contributed by atoms with Crippen LogP contribution in [0.2, 0.25) is 0 Å². The van der Waals surface area contributed by atoms with Crippen LogP contribution in [0.1, 0.15) is 20.3 Å². The fraction of sp³-hybridized carbons (Fsp3) is 0.455. The van der Waals surface area contributed by atoms with Crippen LogP contribution < -0.4 is 5.73 Å². The van der Waals surface area contributed by atoms with Crippen LogP contribution in [0.5, 0.6) is 0 Å². The third-order valence-electron chi connectivity index (χ3n) is 2.28. The molecule has 0 saturated carbocycles. The molecule has 0 fully saturated rings. The summed E-state index contributed by atoms with van der Waals surface area (Å²) in [6, 6.07) is 3.63. The molecule has 2 unspecified atom stereocenters. The van der Waals surface area contributed by atoms with Crippen LogP contribution in [0.25, 0.3) is 0 Å². The van der Waals surface area contributed by atoms with E-state index in [1.807, 2.05) is 13.8 Å². The molecule has 0 aromatic heterocycles. The number of thioether (sulfide) groups is 1. The van der Waals surface area contributed by atoms with Crippen molar-refractivity contribution in [2.75, 3.05) is 0 Å². The van der Waals surface area contributed by atoms with Gasteiger partial charge in [0.25, 0.3) is 0 Å². The lowest BCUT2D eigenvalue weighted by Gasteiger charge is -2.17. The molecule has 1 rings (SSSR count). The second-order valence-corrected chi connectivity index (χ2v) is 4.89. The molecule has 0 saturated heterocycles. The number of nitrogens with two attached hydrogens (primary N) is 1. The minimum absolute atomic E-state index is 0.0273. The first-order chi connectivity index (χ1) is 7.04. The Morgan fingerprint density at radius 2 is 2.07 bits per heavy atom. The Labute approximate surface area is 93.1 Å². The van der Waals surface area contributed by atoms with E-state index in [9.17, 15) is 8.78 Å². The Balaban J connectivity index is 2.72. The highest BCUT2D eigenvalue weighted by molar-refractivity contribution is 8.00. The van der Waals surface area contributed by atoms with E-state index < -0.39 is 11.6 Å². The quantitative estimate of drug-likeness (QED) is 0.805. The van der Waals surface area contributed by atoms with Gasteiger partial charge < -0.3 is 5.73 Å². The van der Waals surface area contributed by atoms with Crippen LogP contribution in [0.4, 0.5) is 8.78 Å². The standard InChI is InChI=1S/C11H15F2NS/c1-3-10(14)7(2)15-11-5-4-8(12)6-9(11)13/h4-7,10H,3,14H2,1-2H3. The maximum absolute atomic E-state index is 13.3. The smallest absolute Gasteiger partial charge is 0.139 e. The van der Waals surface area contributed by atoms with Crippen LogP contribution in [-0.2, 0) is 0 Å². The fourth-order valence-corrected chi connectivity index (χ4v) is 2.28. The van der Waals surface area contributed by atoms with E-state index in [1.54, 1.807) is 0 Å². The average molecular weight is 231 g/mol. The number of benzene rings is 1. The molecule has 0 amide bonds. The average Bonchev–Trinajstić information content (AvgIpc) is 2.20. The molecule has 1 aromatic carbocycles. The van der Waals surface area contributed by atoms with Crippen molar-refractivity contribution in [2.24, 2.45) is 5.73 Å². The molecule has 0 aliphatic carbocycles. The van der Waals surface area contributed by atoms with Crippen molar-refractivity contribution in [1.82, 2.24) is 0 Å². The summed E-state index contributed by atoms with van der Waals surface area (Å²) < 4.78 is 25.9. The van der Waals surface area contributed by atoms with Gasteiger partial charge in [0.1, 0.15) is 11.6 Å². The second-order valence-electron chi connectivity index (χ2n) is 3.47. The minimum Gasteiger partial charge on any atom is -0.327 e. The Kier molecular flexibility index (Phi) is 4.54. The molecule has 0 aliphatic heterocycles. The van der Waals surface area contributed by atoms with Gasteiger partial charge in [-0.1, -0.05) is 13.8 Å². The summed E-state index contributed by atoms with van der Waals surface area (Å²) in [7, 11) is 0. The van der Waals surface area contributed by atoms with Crippen molar-refractivity contribution in [3.05, 3.63) is 29.8 Å². The SMILES string of the molecule is CCC(N)C(C)Sc1ccc(F)cc1F. The van der Waals surface area contributed by atoms with Crippen molar-refractivity contribution < 1.29 is 8.78 Å². The third kappa shape index (κ3) is 3.47. The predicted molar refractivity (Wildman–Crippen MR) is 59.9 cm³/mol. The Morgan fingerprint density at radius 3 is 2.60 bits per heavy atom. The zero-order chi connectivity index (χ0) is 11.4. The first kappa shape index (κ1) is 12.5. The van der Waals surface area contributed by atoms with Crippen molar-refractivity contribution >= 4 is 11.8 Å². The number of halogens is 2. The van der Waals surface area contributed by atoms with Gasteiger partial charge in [0.05, 0.1) is 0 Å². The van der Waals surface area contributed by atoms with Gasteiger partial charge >= 0.3 is 0 Å². The molecule has 1 nitrogen and oxygen atoms in total. The highest BCUT2D eigenvalue weighted by Gasteiger charge is 2.14. The summed E-state index contributed by atoms with van der Waals surface area (Å²) in [5.41, 5.74) is 5.83. The van der Waals surface area contributed by atoms with Gasteiger partial charge in [-0.3, -0.25) is 0 Å². The zero-order valence-electron chi connectivity index (χ0n) is 8.84. The van der Waals surface area contributed by atoms with Gasteiger partial charge in [-0.05, 0) is 18.6 Å². The van der Waals surface area contributed by atoms with E-state index in [0.717, 1.165) is 12.5 Å². The van der Waals surface area contributed by atoms with Crippen LogP contribution in [-0.4, -0.2) is 11.3 Å². The first-order valence-corrected chi connectivity index (χ1v) is 5.79. The molecule has 1 aromatic rings. The molecule has 84 valence electrons. The molecule has 4 heteroatoms. The summed E-state index contributed by atoms with van der Waals surface area (Å²) in [6.07, 6.45) is 0.844.